The molecule has 0 aliphatic heterocycles. The SMILES string of the molecule is CCOC(=O)Nc1ccc2c(c1)C(=O)c1ccccc1C2=O. The second-order valence-electron chi connectivity index (χ2n) is 4.81. The summed E-state index contributed by atoms with van der Waals surface area (Å²) in [5, 5.41) is 2.53. The van der Waals surface area contributed by atoms with Crippen LogP contribution >= 0.6 is 0 Å². The minimum atomic E-state index is -0.600. The van der Waals surface area contributed by atoms with Gasteiger partial charge in [-0.3, -0.25) is 14.9 Å². The first-order valence-corrected chi connectivity index (χ1v) is 6.88. The number of hydrogen-bond donors (Lipinski definition) is 1. The molecule has 1 N–H and O–H groups in total. The molecule has 0 spiro atoms. The predicted molar refractivity (Wildman–Crippen MR) is 80.4 cm³/mol. The van der Waals surface area contributed by atoms with E-state index in [1.807, 2.05) is 0 Å². The molecule has 1 aliphatic rings. The largest absolute Gasteiger partial charge is 0.450 e. The molecule has 2 aromatic rings. The smallest absolute Gasteiger partial charge is 0.411 e. The Morgan fingerprint density at radius 1 is 0.955 bits per heavy atom. The van der Waals surface area contributed by atoms with E-state index in [1.54, 1.807) is 43.3 Å². The molecule has 3 rings (SSSR count). The van der Waals surface area contributed by atoms with Crippen molar-refractivity contribution < 1.29 is 19.1 Å². The van der Waals surface area contributed by atoms with Crippen molar-refractivity contribution in [1.82, 2.24) is 0 Å². The van der Waals surface area contributed by atoms with E-state index >= 15 is 0 Å². The maximum Gasteiger partial charge on any atom is 0.411 e. The molecule has 5 nitrogen and oxygen atoms in total. The van der Waals surface area contributed by atoms with Gasteiger partial charge in [0.15, 0.2) is 11.6 Å². The van der Waals surface area contributed by atoms with Crippen molar-refractivity contribution in [1.29, 1.82) is 0 Å². The summed E-state index contributed by atoms with van der Waals surface area (Å²) in [5.41, 5.74) is 1.84. The summed E-state index contributed by atoms with van der Waals surface area (Å²) in [5.74, 6) is -0.411. The van der Waals surface area contributed by atoms with Gasteiger partial charge in [-0.05, 0) is 25.1 Å². The van der Waals surface area contributed by atoms with Crippen molar-refractivity contribution in [2.45, 2.75) is 6.92 Å². The number of amides is 1. The second-order valence-corrected chi connectivity index (χ2v) is 4.81. The van der Waals surface area contributed by atoms with Crippen LogP contribution < -0.4 is 5.32 Å². The zero-order chi connectivity index (χ0) is 15.7. The van der Waals surface area contributed by atoms with Gasteiger partial charge < -0.3 is 4.74 Å². The number of carbonyl (C=O) groups is 3. The lowest BCUT2D eigenvalue weighted by Gasteiger charge is -2.18. The van der Waals surface area contributed by atoms with Crippen LogP contribution in [0.3, 0.4) is 0 Å². The molecule has 0 heterocycles. The standard InChI is InChI=1S/C17H13NO4/c1-2-22-17(21)18-10-7-8-13-14(9-10)16(20)12-6-4-3-5-11(12)15(13)19/h3-9H,2H2,1H3,(H,18,21). The van der Waals surface area contributed by atoms with Gasteiger partial charge in [-0.1, -0.05) is 24.3 Å². The third-order valence-electron chi connectivity index (χ3n) is 3.45. The minimum absolute atomic E-state index is 0.187. The fourth-order valence-corrected chi connectivity index (χ4v) is 2.46. The van der Waals surface area contributed by atoms with E-state index in [0.717, 1.165) is 0 Å². The van der Waals surface area contributed by atoms with Gasteiger partial charge in [0.25, 0.3) is 0 Å². The maximum absolute atomic E-state index is 12.5. The zero-order valence-corrected chi connectivity index (χ0v) is 11.9. The fraction of sp³-hybridized carbons (Fsp3) is 0.118. The number of benzene rings is 2. The normalized spacial score (nSPS) is 12.4. The minimum Gasteiger partial charge on any atom is -0.450 e. The molecule has 110 valence electrons. The van der Waals surface area contributed by atoms with Crippen molar-refractivity contribution in [3.8, 4) is 0 Å². The molecule has 0 bridgehead atoms. The van der Waals surface area contributed by atoms with E-state index in [2.05, 4.69) is 5.32 Å². The zero-order valence-electron chi connectivity index (χ0n) is 11.9. The predicted octanol–water partition coefficient (Wildman–Crippen LogP) is 3.03. The van der Waals surface area contributed by atoms with Gasteiger partial charge in [-0.25, -0.2) is 4.79 Å². The molecule has 2 aromatic carbocycles. The first-order chi connectivity index (χ1) is 10.6. The van der Waals surface area contributed by atoms with Crippen molar-refractivity contribution in [3.63, 3.8) is 0 Å². The van der Waals surface area contributed by atoms with Gasteiger partial charge in [-0.15, -0.1) is 0 Å². The Hall–Kier alpha value is -2.95. The highest BCUT2D eigenvalue weighted by Gasteiger charge is 2.29. The monoisotopic (exact) mass is 295 g/mol. The lowest BCUT2D eigenvalue weighted by atomic mass is 9.84. The average molecular weight is 295 g/mol. The lowest BCUT2D eigenvalue weighted by Crippen LogP contribution is -2.21. The number of carbonyl (C=O) groups excluding carboxylic acids is 3. The Morgan fingerprint density at radius 2 is 1.55 bits per heavy atom. The Kier molecular flexibility index (Phi) is 3.47. The number of ether oxygens (including phenoxy) is 1. The van der Waals surface area contributed by atoms with Crippen LogP contribution in [0.25, 0.3) is 0 Å². The van der Waals surface area contributed by atoms with Crippen LogP contribution in [0.1, 0.15) is 38.8 Å². The number of ketones is 2. The van der Waals surface area contributed by atoms with E-state index in [0.29, 0.717) is 22.4 Å². The van der Waals surface area contributed by atoms with E-state index in [-0.39, 0.29) is 23.7 Å². The second kappa shape index (κ2) is 5.44. The highest BCUT2D eigenvalue weighted by Crippen LogP contribution is 2.29. The molecule has 0 radical (unpaired) electrons. The summed E-state index contributed by atoms with van der Waals surface area (Å²) >= 11 is 0. The third kappa shape index (κ3) is 2.26. The molecular formula is C17H13NO4. The first kappa shape index (κ1) is 14.0. The average Bonchev–Trinajstić information content (AvgIpc) is 2.53. The van der Waals surface area contributed by atoms with Crippen LogP contribution in [0.5, 0.6) is 0 Å². The highest BCUT2D eigenvalue weighted by atomic mass is 16.5. The van der Waals surface area contributed by atoms with Gasteiger partial charge in [0.1, 0.15) is 0 Å². The number of hydrogen-bond acceptors (Lipinski definition) is 4. The van der Waals surface area contributed by atoms with E-state index in [1.165, 1.54) is 6.07 Å². The Bertz CT molecular complexity index is 795. The quantitative estimate of drug-likeness (QED) is 0.788. The molecule has 22 heavy (non-hydrogen) atoms. The number of nitrogens with one attached hydrogen (secondary N) is 1. The highest BCUT2D eigenvalue weighted by molar-refractivity contribution is 6.28. The molecule has 0 unspecified atom stereocenters. The van der Waals surface area contributed by atoms with Crippen LogP contribution in [0.4, 0.5) is 10.5 Å². The summed E-state index contributed by atoms with van der Waals surface area (Å²) in [4.78, 5) is 36.4. The molecule has 0 fully saturated rings. The third-order valence-corrected chi connectivity index (χ3v) is 3.45. The summed E-state index contributed by atoms with van der Waals surface area (Å²) < 4.78 is 4.79. The Morgan fingerprint density at radius 3 is 2.18 bits per heavy atom. The van der Waals surface area contributed by atoms with Crippen LogP contribution in [-0.2, 0) is 4.74 Å². The van der Waals surface area contributed by atoms with Gasteiger partial charge in [0.2, 0.25) is 0 Å². The molecule has 0 saturated heterocycles. The number of fused-ring (bicyclic) bond motifs is 2. The van der Waals surface area contributed by atoms with Gasteiger partial charge in [-0.2, -0.15) is 0 Å². The van der Waals surface area contributed by atoms with E-state index in [9.17, 15) is 14.4 Å². The summed E-state index contributed by atoms with van der Waals surface area (Å²) in [7, 11) is 0. The number of anilines is 1. The van der Waals surface area contributed by atoms with Crippen molar-refractivity contribution >= 4 is 23.3 Å². The maximum atomic E-state index is 12.5. The molecule has 1 aliphatic carbocycles. The summed E-state index contributed by atoms with van der Waals surface area (Å²) in [6.07, 6.45) is -0.600. The summed E-state index contributed by atoms with van der Waals surface area (Å²) in [6.45, 7) is 1.95. The van der Waals surface area contributed by atoms with Gasteiger partial charge >= 0.3 is 6.09 Å². The van der Waals surface area contributed by atoms with E-state index in [4.69, 9.17) is 4.74 Å². The van der Waals surface area contributed by atoms with Crippen molar-refractivity contribution in [2.75, 3.05) is 11.9 Å². The molecular weight excluding hydrogens is 282 g/mol. The van der Waals surface area contributed by atoms with Crippen LogP contribution in [0, 0.1) is 0 Å². The lowest BCUT2D eigenvalue weighted by molar-refractivity contribution is 0.0979. The van der Waals surface area contributed by atoms with Crippen LogP contribution in [-0.4, -0.2) is 24.3 Å². The fourth-order valence-electron chi connectivity index (χ4n) is 2.46. The Labute approximate surface area is 126 Å². The van der Waals surface area contributed by atoms with Gasteiger partial charge in [0, 0.05) is 27.9 Å². The molecule has 0 atom stereocenters. The molecule has 1 amide bonds. The van der Waals surface area contributed by atoms with Crippen LogP contribution in [0.15, 0.2) is 42.5 Å². The van der Waals surface area contributed by atoms with E-state index < -0.39 is 6.09 Å². The topological polar surface area (TPSA) is 72.5 Å². The first-order valence-electron chi connectivity index (χ1n) is 6.88. The van der Waals surface area contributed by atoms with Crippen molar-refractivity contribution in [3.05, 3.63) is 64.7 Å². The summed E-state index contributed by atoms with van der Waals surface area (Å²) in [6, 6.07) is 11.3. The van der Waals surface area contributed by atoms with Crippen molar-refractivity contribution in [2.24, 2.45) is 0 Å². The molecule has 0 aromatic heterocycles. The molecule has 5 heteroatoms. The van der Waals surface area contributed by atoms with Crippen LogP contribution in [0.2, 0.25) is 0 Å². The molecule has 0 saturated carbocycles. The Balaban J connectivity index is 2.01. The number of rotatable bonds is 2. The van der Waals surface area contributed by atoms with Gasteiger partial charge in [0.05, 0.1) is 6.61 Å².